The SMILES string of the molecule is CC(C)(C)Cn1c(CN2C(=O)NC3(CCNCC3)C2=O)cc2cnc(C#N)nc21.CN1C(=O)N(Cc2cc3cnc(C#N)nc3n2CC(C)(C)C)C(=O)C12CCN(C(=O)OC(C)(C)C)CC2. The molecule has 2 spiro atoms. The summed E-state index contributed by atoms with van der Waals surface area (Å²) in [6, 6.07) is 7.00. The van der Waals surface area contributed by atoms with Gasteiger partial charge >= 0.3 is 18.2 Å². The van der Waals surface area contributed by atoms with Crippen LogP contribution in [0.3, 0.4) is 0 Å². The van der Waals surface area contributed by atoms with Crippen molar-refractivity contribution in [3.8, 4) is 12.1 Å². The second-order valence-electron chi connectivity index (χ2n) is 21.1. The van der Waals surface area contributed by atoms with Gasteiger partial charge in [-0.25, -0.2) is 34.3 Å². The Morgan fingerprint density at radius 2 is 1.23 bits per heavy atom. The van der Waals surface area contributed by atoms with Gasteiger partial charge in [-0.2, -0.15) is 10.5 Å². The molecule has 0 bridgehead atoms. The van der Waals surface area contributed by atoms with Crippen molar-refractivity contribution in [2.75, 3.05) is 33.2 Å². The molecule has 7 amide bonds. The van der Waals surface area contributed by atoms with Gasteiger partial charge < -0.3 is 34.3 Å². The molecule has 2 N–H and O–H groups in total. The fourth-order valence-corrected chi connectivity index (χ4v) is 9.11. The van der Waals surface area contributed by atoms with E-state index < -0.39 is 22.8 Å². The molecule has 4 aromatic heterocycles. The van der Waals surface area contributed by atoms with E-state index in [1.807, 2.05) is 54.2 Å². The summed E-state index contributed by atoms with van der Waals surface area (Å²) in [5.41, 5.74) is 0.205. The number of carbonyl (C=O) groups is 5. The van der Waals surface area contributed by atoms with Crippen LogP contribution in [0.5, 0.6) is 0 Å². The predicted molar refractivity (Wildman–Crippen MR) is 241 cm³/mol. The lowest BCUT2D eigenvalue weighted by atomic mass is 9.86. The first-order valence-corrected chi connectivity index (χ1v) is 22.3. The van der Waals surface area contributed by atoms with E-state index in [0.717, 1.165) is 22.2 Å². The Hall–Kier alpha value is -6.67. The van der Waals surface area contributed by atoms with Crippen molar-refractivity contribution in [1.82, 2.24) is 59.3 Å². The molecule has 8 rings (SSSR count). The van der Waals surface area contributed by atoms with Crippen molar-refractivity contribution >= 4 is 52.0 Å². The van der Waals surface area contributed by atoms with Gasteiger partial charge in [-0.05, 0) is 82.5 Å². The first-order chi connectivity index (χ1) is 30.9. The van der Waals surface area contributed by atoms with E-state index in [1.54, 1.807) is 24.3 Å². The predicted octanol–water partition coefficient (Wildman–Crippen LogP) is 5.04. The van der Waals surface area contributed by atoms with Crippen LogP contribution in [0.15, 0.2) is 24.5 Å². The van der Waals surface area contributed by atoms with Crippen LogP contribution in [0.2, 0.25) is 0 Å². The van der Waals surface area contributed by atoms with E-state index in [2.05, 4.69) is 72.1 Å². The second-order valence-corrected chi connectivity index (χ2v) is 21.1. The number of amides is 7. The molecule has 20 heteroatoms. The van der Waals surface area contributed by atoms with Crippen LogP contribution >= 0.6 is 0 Å². The van der Waals surface area contributed by atoms with Crippen LogP contribution in [-0.4, -0.2) is 129 Å². The normalized spacial score (nSPS) is 18.5. The molecule has 4 aliphatic rings. The first kappa shape index (κ1) is 47.3. The second kappa shape index (κ2) is 17.3. The van der Waals surface area contributed by atoms with Gasteiger partial charge in [0.1, 0.15) is 40.1 Å². The van der Waals surface area contributed by atoms with Gasteiger partial charge in [-0.3, -0.25) is 19.4 Å². The maximum Gasteiger partial charge on any atom is 0.410 e. The molecule has 66 heavy (non-hydrogen) atoms. The quantitative estimate of drug-likeness (QED) is 0.242. The third kappa shape index (κ3) is 9.37. The van der Waals surface area contributed by atoms with Crippen molar-refractivity contribution in [2.45, 2.75) is 131 Å². The minimum Gasteiger partial charge on any atom is -0.444 e. The Balaban J connectivity index is 0.000000202. The molecule has 8 heterocycles. The molecule has 4 aliphatic heterocycles. The summed E-state index contributed by atoms with van der Waals surface area (Å²) >= 11 is 0. The maximum absolute atomic E-state index is 13.8. The minimum atomic E-state index is -0.996. The molecule has 0 aromatic carbocycles. The largest absolute Gasteiger partial charge is 0.444 e. The molecule has 0 atom stereocenters. The van der Waals surface area contributed by atoms with Crippen LogP contribution in [0.4, 0.5) is 14.4 Å². The van der Waals surface area contributed by atoms with Crippen LogP contribution in [-0.2, 0) is 40.5 Å². The molecular formula is C46H60N14O6. The van der Waals surface area contributed by atoms with Gasteiger partial charge in [-0.1, -0.05) is 41.5 Å². The fourth-order valence-electron chi connectivity index (χ4n) is 9.11. The zero-order valence-electron chi connectivity index (χ0n) is 39.6. The molecule has 4 aromatic rings. The fraction of sp³-hybridized carbons (Fsp3) is 0.587. The van der Waals surface area contributed by atoms with E-state index in [-0.39, 0.29) is 59.4 Å². The minimum absolute atomic E-state index is 0.0635. The molecule has 350 valence electrons. The Morgan fingerprint density at radius 3 is 1.68 bits per heavy atom. The summed E-state index contributed by atoms with van der Waals surface area (Å²) in [5.74, 6) is -0.266. The highest BCUT2D eigenvalue weighted by Crippen LogP contribution is 2.38. The average molecular weight is 905 g/mol. The monoisotopic (exact) mass is 904 g/mol. The molecule has 0 aliphatic carbocycles. The third-order valence-electron chi connectivity index (χ3n) is 12.3. The van der Waals surface area contributed by atoms with Crippen molar-refractivity contribution < 1.29 is 28.7 Å². The topological polar surface area (TPSA) is 241 Å². The van der Waals surface area contributed by atoms with E-state index in [1.165, 1.54) is 14.7 Å². The van der Waals surface area contributed by atoms with Crippen molar-refractivity contribution in [2.24, 2.45) is 10.8 Å². The summed E-state index contributed by atoms with van der Waals surface area (Å²) in [5, 5.41) is 26.1. The standard InChI is InChI=1S/C26H35N7O4.C20H25N7O2/c1-24(2,3)16-33-18(12-17-14-28-19(13-27)29-20(17)33)15-32-21(34)26(30(7)22(32)35)8-10-31(11-9-26)23(36)37-25(4,5)6;1-19(2,3)12-27-14(8-13-10-23-15(9-21)24-16(13)27)11-26-17(28)20(25-18(26)29)4-6-22-7-5-20/h12,14H,8-11,15-16H2,1-7H3;8,10,22H,4-7,11-12H2,1-3H3,(H,25,29). The summed E-state index contributed by atoms with van der Waals surface area (Å²) < 4.78 is 9.44. The Morgan fingerprint density at radius 1 is 0.742 bits per heavy atom. The van der Waals surface area contributed by atoms with Gasteiger partial charge in [-0.15, -0.1) is 0 Å². The van der Waals surface area contributed by atoms with E-state index in [4.69, 9.17) is 4.74 Å². The van der Waals surface area contributed by atoms with Crippen molar-refractivity contribution in [3.05, 3.63) is 47.6 Å². The van der Waals surface area contributed by atoms with Crippen LogP contribution in [0.1, 0.15) is 111 Å². The number of carbonyl (C=O) groups excluding carboxylic acids is 5. The number of hydrogen-bond acceptors (Lipinski definition) is 13. The number of urea groups is 2. The summed E-state index contributed by atoms with van der Waals surface area (Å²) in [7, 11) is 1.65. The van der Waals surface area contributed by atoms with E-state index in [9.17, 15) is 34.5 Å². The van der Waals surface area contributed by atoms with Crippen molar-refractivity contribution in [1.29, 1.82) is 10.5 Å². The first-order valence-electron chi connectivity index (χ1n) is 22.3. The Kier molecular flexibility index (Phi) is 12.4. The number of nitrogens with one attached hydrogen (secondary N) is 2. The number of ether oxygens (including phenoxy) is 1. The molecule has 0 unspecified atom stereocenters. The van der Waals surface area contributed by atoms with Gasteiger partial charge in [0.15, 0.2) is 0 Å². The lowest BCUT2D eigenvalue weighted by Crippen LogP contribution is -2.56. The highest BCUT2D eigenvalue weighted by Gasteiger charge is 2.57. The van der Waals surface area contributed by atoms with E-state index >= 15 is 0 Å². The number of likely N-dealkylation sites (N-methyl/N-ethyl adjacent to an activating group) is 1. The Bertz CT molecular complexity index is 2670. The van der Waals surface area contributed by atoms with Gasteiger partial charge in [0.05, 0.1) is 13.1 Å². The number of aromatic nitrogens is 6. The third-order valence-corrected chi connectivity index (χ3v) is 12.3. The molecular weight excluding hydrogens is 845 g/mol. The number of hydrogen-bond donors (Lipinski definition) is 2. The van der Waals surface area contributed by atoms with E-state index in [0.29, 0.717) is 76.2 Å². The highest BCUT2D eigenvalue weighted by molar-refractivity contribution is 6.08. The number of fused-ring (bicyclic) bond motifs is 2. The number of piperidine rings is 2. The highest BCUT2D eigenvalue weighted by atomic mass is 16.6. The van der Waals surface area contributed by atoms with Crippen LogP contribution < -0.4 is 10.6 Å². The van der Waals surface area contributed by atoms with Gasteiger partial charge in [0.2, 0.25) is 11.6 Å². The summed E-state index contributed by atoms with van der Waals surface area (Å²) in [6.07, 6.45) is 4.66. The molecule has 0 radical (unpaired) electrons. The van der Waals surface area contributed by atoms with Gasteiger partial charge in [0.25, 0.3) is 11.8 Å². The maximum atomic E-state index is 13.8. The molecule has 20 nitrogen and oxygen atoms in total. The lowest BCUT2D eigenvalue weighted by Gasteiger charge is -2.40. The van der Waals surface area contributed by atoms with Crippen LogP contribution in [0.25, 0.3) is 22.1 Å². The molecule has 0 saturated carbocycles. The lowest BCUT2D eigenvalue weighted by molar-refractivity contribution is -0.135. The van der Waals surface area contributed by atoms with Gasteiger partial charge in [0, 0.05) is 67.8 Å². The number of rotatable bonds is 6. The number of likely N-dealkylation sites (tertiary alicyclic amines) is 1. The smallest absolute Gasteiger partial charge is 0.410 e. The average Bonchev–Trinajstić information content (AvgIpc) is 3.88. The van der Waals surface area contributed by atoms with Crippen LogP contribution in [0, 0.1) is 33.5 Å². The number of nitriles is 2. The molecule has 4 saturated heterocycles. The Labute approximate surface area is 384 Å². The number of nitrogens with zero attached hydrogens (tertiary/aromatic N) is 12. The summed E-state index contributed by atoms with van der Waals surface area (Å²) in [6.45, 7) is 21.5. The zero-order chi connectivity index (χ0) is 48.1. The van der Waals surface area contributed by atoms with Crippen molar-refractivity contribution in [3.63, 3.8) is 0 Å². The molecule has 4 fully saturated rings. The summed E-state index contributed by atoms with van der Waals surface area (Å²) in [4.78, 5) is 88.1. The number of imide groups is 2. The zero-order valence-corrected chi connectivity index (χ0v) is 39.6.